The Kier molecular flexibility index (Phi) is 11.5. The molecule has 2 aliphatic rings. The van der Waals surface area contributed by atoms with E-state index in [-0.39, 0.29) is 25.3 Å². The fourth-order valence-electron chi connectivity index (χ4n) is 4.52. The van der Waals surface area contributed by atoms with Crippen molar-refractivity contribution < 1.29 is 38.4 Å². The van der Waals surface area contributed by atoms with Crippen molar-refractivity contribution in [3.63, 3.8) is 0 Å². The molecule has 0 aromatic heterocycles. The van der Waals surface area contributed by atoms with Gasteiger partial charge in [-0.2, -0.15) is 0 Å². The number of hydrogen-bond acceptors (Lipinski definition) is 8. The number of rotatable bonds is 15. The highest BCUT2D eigenvalue weighted by molar-refractivity contribution is 5.80. The van der Waals surface area contributed by atoms with Crippen LogP contribution >= 0.6 is 0 Å². The lowest BCUT2D eigenvalue weighted by Gasteiger charge is -2.30. The van der Waals surface area contributed by atoms with Crippen molar-refractivity contribution in [2.75, 3.05) is 47.4 Å². The molecule has 196 valence electrons. The van der Waals surface area contributed by atoms with Crippen LogP contribution in [0.2, 0.25) is 0 Å². The van der Waals surface area contributed by atoms with E-state index in [1.165, 1.54) is 0 Å². The van der Waals surface area contributed by atoms with E-state index in [1.54, 1.807) is 14.2 Å². The van der Waals surface area contributed by atoms with Gasteiger partial charge in [0.05, 0.1) is 32.8 Å². The van der Waals surface area contributed by atoms with Gasteiger partial charge in [0, 0.05) is 25.1 Å². The minimum atomic E-state index is -0.846. The predicted molar refractivity (Wildman–Crippen MR) is 130 cm³/mol. The Morgan fingerprint density at radius 3 is 2.49 bits per heavy atom. The monoisotopic (exact) mass is 493 g/mol. The van der Waals surface area contributed by atoms with Crippen LogP contribution in [0.15, 0.2) is 46.0 Å². The zero-order valence-electron chi connectivity index (χ0n) is 21.4. The quantitative estimate of drug-likeness (QED) is 0.153. The summed E-state index contributed by atoms with van der Waals surface area (Å²) in [6.45, 7) is 7.15. The maximum absolute atomic E-state index is 12.6. The molecule has 0 aromatic rings. The predicted octanol–water partition coefficient (Wildman–Crippen LogP) is 3.32. The number of aliphatic carboxylic acids is 1. The molecule has 1 fully saturated rings. The number of fused-ring (bicyclic) bond motifs is 1. The van der Waals surface area contributed by atoms with Crippen LogP contribution in [0, 0.1) is 17.8 Å². The Hall–Kier alpha value is -2.62. The van der Waals surface area contributed by atoms with Crippen molar-refractivity contribution in [1.29, 1.82) is 0 Å². The molecular formula is C26H39NO8. The largest absolute Gasteiger partial charge is 0.496 e. The number of hydrogen-bond donors (Lipinski definition) is 2. The molecule has 1 aliphatic heterocycles. The highest BCUT2D eigenvalue weighted by Gasteiger charge is 2.47. The molecule has 0 radical (unpaired) electrons. The van der Waals surface area contributed by atoms with Crippen LogP contribution in [0.5, 0.6) is 0 Å². The van der Waals surface area contributed by atoms with Crippen molar-refractivity contribution in [3.8, 4) is 0 Å². The van der Waals surface area contributed by atoms with Crippen LogP contribution in [0.3, 0.4) is 0 Å². The van der Waals surface area contributed by atoms with Gasteiger partial charge in [0.25, 0.3) is 0 Å². The molecule has 0 saturated carbocycles. The van der Waals surface area contributed by atoms with E-state index in [4.69, 9.17) is 29.4 Å². The molecule has 0 aromatic carbocycles. The first-order valence-electron chi connectivity index (χ1n) is 11.8. The molecule has 9 heteroatoms. The minimum absolute atomic E-state index is 0.0364. The van der Waals surface area contributed by atoms with Crippen molar-refractivity contribution in [1.82, 2.24) is 0 Å². The maximum Gasteiger partial charge on any atom is 0.317 e. The van der Waals surface area contributed by atoms with Gasteiger partial charge in [-0.3, -0.25) is 9.59 Å². The lowest BCUT2D eigenvalue weighted by atomic mass is 9.79. The number of esters is 1. The number of ether oxygens (including phenoxy) is 5. The summed E-state index contributed by atoms with van der Waals surface area (Å²) in [5, 5.41) is 9.69. The van der Waals surface area contributed by atoms with Gasteiger partial charge >= 0.3 is 11.9 Å². The zero-order chi connectivity index (χ0) is 26.0. The molecule has 0 amide bonds. The summed E-state index contributed by atoms with van der Waals surface area (Å²) >= 11 is 0. The Balaban J connectivity index is 2.29. The molecule has 3 unspecified atom stereocenters. The molecule has 1 aliphatic carbocycles. The summed E-state index contributed by atoms with van der Waals surface area (Å²) in [7, 11) is 3.18. The molecule has 2 rings (SSSR count). The first kappa shape index (κ1) is 28.6. The number of carboxylic acids is 1. The van der Waals surface area contributed by atoms with E-state index in [0.717, 1.165) is 22.3 Å². The van der Waals surface area contributed by atoms with Gasteiger partial charge in [0.15, 0.2) is 6.79 Å². The number of nitrogens with two attached hydrogens (primary N) is 1. The normalized spacial score (nSPS) is 21.7. The summed E-state index contributed by atoms with van der Waals surface area (Å²) in [4.78, 5) is 24.4. The molecule has 9 nitrogen and oxygen atoms in total. The summed E-state index contributed by atoms with van der Waals surface area (Å²) in [6.07, 6.45) is 5.06. The Bertz CT molecular complexity index is 886. The second-order valence-corrected chi connectivity index (χ2v) is 8.92. The van der Waals surface area contributed by atoms with Crippen molar-refractivity contribution in [3.05, 3.63) is 46.0 Å². The number of allylic oxidation sites excluding steroid dienone is 4. The number of cyclic esters (lactones) is 1. The van der Waals surface area contributed by atoms with E-state index in [2.05, 4.69) is 0 Å². The maximum atomic E-state index is 12.6. The van der Waals surface area contributed by atoms with Crippen LogP contribution in [0.25, 0.3) is 0 Å². The van der Waals surface area contributed by atoms with Crippen molar-refractivity contribution >= 4 is 11.9 Å². The highest BCUT2D eigenvalue weighted by atomic mass is 16.7. The molecule has 1 heterocycles. The average molecular weight is 494 g/mol. The summed E-state index contributed by atoms with van der Waals surface area (Å²) in [5.74, 6) is -1.29. The molecule has 3 atom stereocenters. The van der Waals surface area contributed by atoms with Gasteiger partial charge in [-0.05, 0) is 45.6 Å². The van der Waals surface area contributed by atoms with Gasteiger partial charge in [-0.15, -0.1) is 0 Å². The van der Waals surface area contributed by atoms with E-state index < -0.39 is 17.8 Å². The standard InChI is InChI=1S/C26H39NO8/c1-16(12-19(25(28)29)13-17(2)8-9-27)6-7-20-23(32-5)18(3)21-14-34-26(30)22(21)24(20)35-15-33-11-10-31-4/h6,8,19,21-22H,7,9-15,27H2,1-5H3,(H,28,29)/b16-6+,17-8+. The number of carbonyl (C=O) groups is 2. The van der Waals surface area contributed by atoms with Gasteiger partial charge in [-0.1, -0.05) is 23.3 Å². The highest BCUT2D eigenvalue weighted by Crippen LogP contribution is 2.45. The average Bonchev–Trinajstić information content (AvgIpc) is 3.20. The lowest BCUT2D eigenvalue weighted by Crippen LogP contribution is -2.28. The van der Waals surface area contributed by atoms with E-state index in [1.807, 2.05) is 32.9 Å². The van der Waals surface area contributed by atoms with Crippen LogP contribution in [0.1, 0.15) is 40.0 Å². The molecular weight excluding hydrogens is 454 g/mol. The topological polar surface area (TPSA) is 127 Å². The molecule has 0 bridgehead atoms. The lowest BCUT2D eigenvalue weighted by molar-refractivity contribution is -0.142. The van der Waals surface area contributed by atoms with Crippen LogP contribution in [-0.4, -0.2) is 64.4 Å². The van der Waals surface area contributed by atoms with Gasteiger partial charge in [0.1, 0.15) is 17.4 Å². The third-order valence-corrected chi connectivity index (χ3v) is 6.37. The van der Waals surface area contributed by atoms with E-state index in [0.29, 0.717) is 50.5 Å². The molecule has 3 N–H and O–H groups in total. The Morgan fingerprint density at radius 2 is 1.89 bits per heavy atom. The van der Waals surface area contributed by atoms with Gasteiger partial charge in [0.2, 0.25) is 0 Å². The zero-order valence-corrected chi connectivity index (χ0v) is 21.4. The first-order valence-corrected chi connectivity index (χ1v) is 11.8. The third-order valence-electron chi connectivity index (χ3n) is 6.37. The summed E-state index contributed by atoms with van der Waals surface area (Å²) in [6, 6.07) is 0. The summed E-state index contributed by atoms with van der Waals surface area (Å²) in [5.41, 5.74) is 9.10. The smallest absolute Gasteiger partial charge is 0.317 e. The van der Waals surface area contributed by atoms with E-state index in [9.17, 15) is 14.7 Å². The molecule has 1 saturated heterocycles. The van der Waals surface area contributed by atoms with Crippen molar-refractivity contribution in [2.24, 2.45) is 23.5 Å². The SMILES string of the molecule is COCCOCOC1=C(C/C=C(\C)CC(C/C(C)=C/CN)C(=O)O)C(OC)=C(C)C2COC(=O)C12. The Morgan fingerprint density at radius 1 is 1.20 bits per heavy atom. The third kappa shape index (κ3) is 7.68. The second-order valence-electron chi connectivity index (χ2n) is 8.92. The fraction of sp³-hybridized carbons (Fsp3) is 0.615. The van der Waals surface area contributed by atoms with Crippen LogP contribution in [-0.2, 0) is 33.3 Å². The fourth-order valence-corrected chi connectivity index (χ4v) is 4.52. The first-order chi connectivity index (χ1) is 16.7. The molecule has 35 heavy (non-hydrogen) atoms. The molecule has 0 spiro atoms. The van der Waals surface area contributed by atoms with Gasteiger partial charge < -0.3 is 34.5 Å². The van der Waals surface area contributed by atoms with Gasteiger partial charge in [-0.25, -0.2) is 0 Å². The summed E-state index contributed by atoms with van der Waals surface area (Å²) < 4.78 is 27.5. The van der Waals surface area contributed by atoms with Crippen LogP contribution < -0.4 is 5.73 Å². The van der Waals surface area contributed by atoms with E-state index >= 15 is 0 Å². The second kappa shape index (κ2) is 14.1. The van der Waals surface area contributed by atoms with Crippen LogP contribution in [0.4, 0.5) is 0 Å². The number of carbonyl (C=O) groups excluding carboxylic acids is 1. The Labute approximate surface area is 207 Å². The van der Waals surface area contributed by atoms with Crippen molar-refractivity contribution in [2.45, 2.75) is 40.0 Å². The number of carboxylic acid groups (broad SMARTS) is 1. The number of methoxy groups -OCH3 is 2. The minimum Gasteiger partial charge on any atom is -0.496 e.